The number of hydrogen-bond acceptors (Lipinski definition) is 3. The summed E-state index contributed by atoms with van der Waals surface area (Å²) in [6, 6.07) is 13.2. The molecule has 0 fully saturated rings. The van der Waals surface area contributed by atoms with Gasteiger partial charge < -0.3 is 0 Å². The maximum atomic E-state index is 11.5. The maximum Gasteiger partial charge on any atom is 0.477 e. The molecule has 0 saturated heterocycles. The normalized spacial score (nSPS) is 10.1. The number of hydrogen-bond donors (Lipinski definition) is 0. The summed E-state index contributed by atoms with van der Waals surface area (Å²) in [5.41, 5.74) is 1.31. The first-order chi connectivity index (χ1) is 8.59. The zero-order chi connectivity index (χ0) is 13.1. The Kier molecular flexibility index (Phi) is 3.39. The van der Waals surface area contributed by atoms with E-state index in [-0.39, 0.29) is 5.56 Å². The van der Waals surface area contributed by atoms with E-state index < -0.39 is 10.8 Å². The van der Waals surface area contributed by atoms with Crippen molar-refractivity contribution in [2.24, 2.45) is 0 Å². The molecule has 0 aliphatic carbocycles. The van der Waals surface area contributed by atoms with Crippen LogP contribution in [-0.4, -0.2) is 10.8 Å². The number of rotatable bonds is 2. The van der Waals surface area contributed by atoms with E-state index in [2.05, 4.69) is 0 Å². The molecule has 0 saturated carbocycles. The zero-order valence-corrected chi connectivity index (χ0v) is 9.92. The Balaban J connectivity index is 2.54. The Morgan fingerprint density at radius 2 is 1.67 bits per heavy atom. The molecular weight excluding hydrogens is 254 g/mol. The predicted molar refractivity (Wildman–Crippen MR) is 68.2 cm³/mol. The quantitative estimate of drug-likeness (QED) is 0.615. The van der Waals surface area contributed by atoms with Crippen molar-refractivity contribution in [2.75, 3.05) is 0 Å². The van der Waals surface area contributed by atoms with Gasteiger partial charge in [0.05, 0.1) is 0 Å². The van der Waals surface area contributed by atoms with E-state index in [9.17, 15) is 14.9 Å². The van der Waals surface area contributed by atoms with Gasteiger partial charge in [0.2, 0.25) is 0 Å². The number of halogens is 1. The van der Waals surface area contributed by atoms with Gasteiger partial charge >= 0.3 is 5.91 Å². The van der Waals surface area contributed by atoms with Crippen LogP contribution in [0, 0.1) is 10.1 Å². The first-order valence-corrected chi connectivity index (χ1v) is 5.51. The summed E-state index contributed by atoms with van der Waals surface area (Å²) >= 11 is 5.78. The van der Waals surface area contributed by atoms with Gasteiger partial charge in [-0.15, -0.1) is 0 Å². The van der Waals surface area contributed by atoms with E-state index >= 15 is 0 Å². The van der Waals surface area contributed by atoms with Crippen molar-refractivity contribution in [3.63, 3.8) is 0 Å². The molecule has 2 rings (SSSR count). The van der Waals surface area contributed by atoms with Crippen LogP contribution in [0.3, 0.4) is 0 Å². The number of benzene rings is 2. The van der Waals surface area contributed by atoms with Gasteiger partial charge in [-0.05, 0) is 29.3 Å². The van der Waals surface area contributed by atoms with Crippen LogP contribution in [0.25, 0.3) is 11.1 Å². The van der Waals surface area contributed by atoms with Crippen LogP contribution in [0.1, 0.15) is 10.4 Å². The third-order valence-electron chi connectivity index (χ3n) is 2.48. The van der Waals surface area contributed by atoms with Gasteiger partial charge in [-0.3, -0.25) is 10.1 Å². The lowest BCUT2D eigenvalue weighted by atomic mass is 9.99. The molecule has 0 bridgehead atoms. The van der Waals surface area contributed by atoms with Gasteiger partial charge in [0, 0.05) is 5.02 Å². The predicted octanol–water partition coefficient (Wildman–Crippen LogP) is 3.42. The maximum absolute atomic E-state index is 11.5. The van der Waals surface area contributed by atoms with Crippen LogP contribution in [0.4, 0.5) is 0 Å². The van der Waals surface area contributed by atoms with Gasteiger partial charge in [0.15, 0.2) is 0 Å². The molecule has 90 valence electrons. The fourth-order valence-corrected chi connectivity index (χ4v) is 1.78. The molecule has 0 heterocycles. The Morgan fingerprint density at radius 1 is 1.06 bits per heavy atom. The summed E-state index contributed by atoms with van der Waals surface area (Å²) in [5, 5.41) is 11.1. The molecule has 2 aromatic carbocycles. The third kappa shape index (κ3) is 2.38. The Hall–Kier alpha value is -2.20. The highest BCUT2D eigenvalue weighted by atomic mass is 35.5. The summed E-state index contributed by atoms with van der Waals surface area (Å²) in [7, 11) is 0. The molecule has 0 aromatic heterocycles. The highest BCUT2D eigenvalue weighted by molar-refractivity contribution is 6.30. The van der Waals surface area contributed by atoms with Crippen LogP contribution in [0.15, 0.2) is 48.5 Å². The lowest BCUT2D eigenvalue weighted by molar-refractivity contribution is -0.375. The second-order valence-electron chi connectivity index (χ2n) is 3.61. The molecule has 0 aliphatic rings. The van der Waals surface area contributed by atoms with Gasteiger partial charge in [-0.1, -0.05) is 41.9 Å². The Morgan fingerprint density at radius 3 is 2.28 bits per heavy atom. The second-order valence-corrected chi connectivity index (χ2v) is 4.05. The van der Waals surface area contributed by atoms with Gasteiger partial charge in [-0.2, -0.15) is 0 Å². The average molecular weight is 262 g/mol. The number of nitro groups is 1. The monoisotopic (exact) mass is 261 g/mol. The molecule has 4 nitrogen and oxygen atoms in total. The number of nitrogens with zero attached hydrogens (tertiary/aromatic N) is 1. The number of amides is 1. The first-order valence-electron chi connectivity index (χ1n) is 5.13. The smallest absolute Gasteiger partial charge is 0.255 e. The van der Waals surface area contributed by atoms with Crippen molar-refractivity contribution < 1.29 is 9.72 Å². The van der Waals surface area contributed by atoms with Crippen LogP contribution >= 0.6 is 11.6 Å². The van der Waals surface area contributed by atoms with Crippen LogP contribution in [-0.2, 0) is 0 Å². The molecule has 0 N–H and O–H groups in total. The fraction of sp³-hybridized carbons (Fsp3) is 0. The standard InChI is InChI=1S/C13H8ClNO3/c14-10-7-5-9(6-8-10)11-3-1-2-4-12(11)13(16)15(17)18/h1-8H. The molecule has 0 atom stereocenters. The fourth-order valence-electron chi connectivity index (χ4n) is 1.65. The van der Waals surface area contributed by atoms with E-state index in [0.717, 1.165) is 0 Å². The van der Waals surface area contributed by atoms with Crippen LogP contribution in [0.2, 0.25) is 5.02 Å². The van der Waals surface area contributed by atoms with Crippen LogP contribution in [0.5, 0.6) is 0 Å². The topological polar surface area (TPSA) is 60.2 Å². The average Bonchev–Trinajstić information content (AvgIpc) is 2.39. The molecule has 1 amide bonds. The lowest BCUT2D eigenvalue weighted by Crippen LogP contribution is -2.12. The van der Waals surface area contributed by atoms with Crippen molar-refractivity contribution >= 4 is 17.5 Å². The van der Waals surface area contributed by atoms with Crippen molar-refractivity contribution in [2.45, 2.75) is 0 Å². The van der Waals surface area contributed by atoms with E-state index in [0.29, 0.717) is 16.1 Å². The van der Waals surface area contributed by atoms with Crippen molar-refractivity contribution in [3.05, 3.63) is 69.2 Å². The number of carbonyl (C=O) groups is 1. The highest BCUT2D eigenvalue weighted by Crippen LogP contribution is 2.25. The molecule has 0 radical (unpaired) electrons. The summed E-state index contributed by atoms with van der Waals surface area (Å²) in [6.45, 7) is 0. The van der Waals surface area contributed by atoms with Gasteiger partial charge in [-0.25, -0.2) is 4.79 Å². The molecule has 0 spiro atoms. The molecule has 0 unspecified atom stereocenters. The minimum absolute atomic E-state index is 0.0739. The highest BCUT2D eigenvalue weighted by Gasteiger charge is 2.22. The molecular formula is C13H8ClNO3. The first kappa shape index (κ1) is 12.3. The molecule has 0 aliphatic heterocycles. The largest absolute Gasteiger partial charge is 0.477 e. The second kappa shape index (κ2) is 4.98. The lowest BCUT2D eigenvalue weighted by Gasteiger charge is -2.04. The summed E-state index contributed by atoms with van der Waals surface area (Å²) in [5.74, 6) is -1.11. The van der Waals surface area contributed by atoms with Crippen molar-refractivity contribution in [1.29, 1.82) is 0 Å². The van der Waals surface area contributed by atoms with E-state index in [1.165, 1.54) is 6.07 Å². The minimum atomic E-state index is -1.11. The summed E-state index contributed by atoms with van der Waals surface area (Å²) < 4.78 is 0. The summed E-state index contributed by atoms with van der Waals surface area (Å²) in [6.07, 6.45) is 0. The van der Waals surface area contributed by atoms with E-state index in [1.807, 2.05) is 0 Å². The van der Waals surface area contributed by atoms with E-state index in [1.54, 1.807) is 42.5 Å². The SMILES string of the molecule is O=C(c1ccccc1-c1ccc(Cl)cc1)[N+](=O)[O-]. The van der Waals surface area contributed by atoms with E-state index in [4.69, 9.17) is 11.6 Å². The molecule has 5 heteroatoms. The summed E-state index contributed by atoms with van der Waals surface area (Å²) in [4.78, 5) is 21.1. The third-order valence-corrected chi connectivity index (χ3v) is 2.73. The minimum Gasteiger partial charge on any atom is -0.255 e. The Labute approximate surface area is 108 Å². The van der Waals surface area contributed by atoms with Gasteiger partial charge in [0.25, 0.3) is 0 Å². The van der Waals surface area contributed by atoms with Crippen molar-refractivity contribution in [1.82, 2.24) is 0 Å². The van der Waals surface area contributed by atoms with Crippen LogP contribution < -0.4 is 0 Å². The molecule has 2 aromatic rings. The number of carbonyl (C=O) groups excluding carboxylic acids is 1. The van der Waals surface area contributed by atoms with Gasteiger partial charge in [0.1, 0.15) is 10.5 Å². The zero-order valence-electron chi connectivity index (χ0n) is 9.17. The molecule has 18 heavy (non-hydrogen) atoms. The van der Waals surface area contributed by atoms with Crippen molar-refractivity contribution in [3.8, 4) is 11.1 Å². The Bertz CT molecular complexity index is 608.